The molecule has 21 heavy (non-hydrogen) atoms. The van der Waals surface area contributed by atoms with E-state index in [1.54, 1.807) is 7.11 Å². The number of anilines is 1. The van der Waals surface area contributed by atoms with Crippen molar-refractivity contribution in [3.8, 4) is 11.5 Å². The maximum atomic E-state index is 6.21. The lowest BCUT2D eigenvalue weighted by Crippen LogP contribution is -2.20. The number of benzene rings is 2. The number of rotatable bonds is 7. The van der Waals surface area contributed by atoms with Crippen molar-refractivity contribution in [1.29, 1.82) is 0 Å². The summed E-state index contributed by atoms with van der Waals surface area (Å²) in [6.07, 6.45) is 0. The summed E-state index contributed by atoms with van der Waals surface area (Å²) in [5, 5.41) is 0.542. The highest BCUT2D eigenvalue weighted by Gasteiger charge is 2.11. The number of nitrogens with one attached hydrogen (secondary N) is 2. The Morgan fingerprint density at radius 2 is 1.90 bits per heavy atom. The van der Waals surface area contributed by atoms with E-state index in [1.807, 2.05) is 49.4 Å². The summed E-state index contributed by atoms with van der Waals surface area (Å²) >= 11 is 6.21. The summed E-state index contributed by atoms with van der Waals surface area (Å²) in [6.45, 7) is 3.10. The zero-order valence-electron chi connectivity index (χ0n) is 12.2. The monoisotopic (exact) mass is 306 g/mol. The molecule has 2 aromatic rings. The second kappa shape index (κ2) is 7.76. The Hall–Kier alpha value is -1.91. The van der Waals surface area contributed by atoms with Crippen LogP contribution in [0.4, 0.5) is 5.69 Å². The summed E-state index contributed by atoms with van der Waals surface area (Å²) in [6, 6.07) is 13.7. The molecule has 0 bridgehead atoms. The van der Waals surface area contributed by atoms with E-state index < -0.39 is 0 Å². The number of halogens is 1. The first-order valence-electron chi connectivity index (χ1n) is 6.77. The molecular weight excluding hydrogens is 288 g/mol. The Morgan fingerprint density at radius 3 is 2.57 bits per heavy atom. The molecular formula is C16H19ClN2O2. The maximum Gasteiger partial charge on any atom is 0.179 e. The number of hydrogen-bond acceptors (Lipinski definition) is 4. The Labute approximate surface area is 130 Å². The molecule has 0 fully saturated rings. The predicted octanol–water partition coefficient (Wildman–Crippen LogP) is 3.86. The fraction of sp³-hybridized carbons (Fsp3) is 0.250. The molecule has 0 amide bonds. The van der Waals surface area contributed by atoms with Crippen molar-refractivity contribution >= 4 is 17.3 Å². The molecule has 0 unspecified atom stereocenters. The normalized spacial score (nSPS) is 10.2. The first-order valence-corrected chi connectivity index (χ1v) is 7.15. The zero-order valence-corrected chi connectivity index (χ0v) is 12.9. The summed E-state index contributed by atoms with van der Waals surface area (Å²) in [7, 11) is 1.58. The Morgan fingerprint density at radius 1 is 1.14 bits per heavy atom. The molecule has 0 spiro atoms. The van der Waals surface area contributed by atoms with Gasteiger partial charge in [-0.25, -0.2) is 5.43 Å². The van der Waals surface area contributed by atoms with Crippen LogP contribution < -0.4 is 20.3 Å². The summed E-state index contributed by atoms with van der Waals surface area (Å²) < 4.78 is 10.8. The minimum Gasteiger partial charge on any atom is -0.491 e. The Bertz CT molecular complexity index is 576. The molecule has 2 rings (SSSR count). The molecule has 5 heteroatoms. The molecule has 0 saturated heterocycles. The largest absolute Gasteiger partial charge is 0.491 e. The van der Waals surface area contributed by atoms with Gasteiger partial charge in [0.15, 0.2) is 11.5 Å². The third-order valence-corrected chi connectivity index (χ3v) is 3.15. The van der Waals surface area contributed by atoms with Gasteiger partial charge in [-0.1, -0.05) is 29.8 Å². The molecule has 2 N–H and O–H groups in total. The van der Waals surface area contributed by atoms with Gasteiger partial charge in [0.1, 0.15) is 0 Å². The number of methoxy groups -OCH3 is 1. The van der Waals surface area contributed by atoms with E-state index in [-0.39, 0.29) is 0 Å². The van der Waals surface area contributed by atoms with Crippen LogP contribution in [0.15, 0.2) is 42.5 Å². The molecule has 0 aliphatic carbocycles. The van der Waals surface area contributed by atoms with E-state index >= 15 is 0 Å². The van der Waals surface area contributed by atoms with Crippen LogP contribution in [0.3, 0.4) is 0 Å². The number of hydrazine groups is 1. The second-order valence-corrected chi connectivity index (χ2v) is 4.79. The Balaban J connectivity index is 2.03. The van der Waals surface area contributed by atoms with Crippen molar-refractivity contribution in [2.75, 3.05) is 19.1 Å². The molecule has 0 atom stereocenters. The van der Waals surface area contributed by atoms with Crippen molar-refractivity contribution in [3.63, 3.8) is 0 Å². The Kier molecular flexibility index (Phi) is 5.72. The molecule has 0 radical (unpaired) electrons. The number of para-hydroxylation sites is 1. The molecule has 0 aliphatic heterocycles. The molecule has 0 aliphatic rings. The quantitative estimate of drug-likeness (QED) is 0.762. The maximum absolute atomic E-state index is 6.21. The van der Waals surface area contributed by atoms with Gasteiger partial charge in [-0.15, -0.1) is 0 Å². The number of hydrogen-bond donors (Lipinski definition) is 2. The molecule has 4 nitrogen and oxygen atoms in total. The van der Waals surface area contributed by atoms with Crippen LogP contribution in [0.25, 0.3) is 0 Å². The summed E-state index contributed by atoms with van der Waals surface area (Å²) in [5.74, 6) is 1.22. The highest BCUT2D eigenvalue weighted by molar-refractivity contribution is 6.32. The highest BCUT2D eigenvalue weighted by atomic mass is 35.5. The average Bonchev–Trinajstić information content (AvgIpc) is 2.48. The SMILES string of the molecule is CCOc1cc(CNNc2ccccc2)cc(Cl)c1OC. The first-order chi connectivity index (χ1) is 10.2. The third kappa shape index (κ3) is 4.28. The smallest absolute Gasteiger partial charge is 0.179 e. The van der Waals surface area contributed by atoms with Crippen LogP contribution >= 0.6 is 11.6 Å². The summed E-state index contributed by atoms with van der Waals surface area (Å²) in [4.78, 5) is 0. The fourth-order valence-electron chi connectivity index (χ4n) is 1.95. The van der Waals surface area contributed by atoms with Gasteiger partial charge in [-0.2, -0.15) is 0 Å². The lowest BCUT2D eigenvalue weighted by molar-refractivity contribution is 0.310. The first kappa shape index (κ1) is 15.5. The predicted molar refractivity (Wildman–Crippen MR) is 86.1 cm³/mol. The van der Waals surface area contributed by atoms with Gasteiger partial charge in [0.2, 0.25) is 0 Å². The molecule has 0 aromatic heterocycles. The highest BCUT2D eigenvalue weighted by Crippen LogP contribution is 2.36. The van der Waals surface area contributed by atoms with Crippen molar-refractivity contribution in [3.05, 3.63) is 53.1 Å². The van der Waals surface area contributed by atoms with Crippen LogP contribution in [-0.4, -0.2) is 13.7 Å². The van der Waals surface area contributed by atoms with E-state index in [9.17, 15) is 0 Å². The van der Waals surface area contributed by atoms with Crippen molar-refractivity contribution in [1.82, 2.24) is 5.43 Å². The zero-order chi connectivity index (χ0) is 15.1. The van der Waals surface area contributed by atoms with Crippen LogP contribution in [0.1, 0.15) is 12.5 Å². The third-order valence-electron chi connectivity index (χ3n) is 2.87. The van der Waals surface area contributed by atoms with E-state index in [0.717, 1.165) is 11.3 Å². The van der Waals surface area contributed by atoms with Gasteiger partial charge in [-0.05, 0) is 36.8 Å². The van der Waals surface area contributed by atoms with Gasteiger partial charge in [0, 0.05) is 12.2 Å². The van der Waals surface area contributed by atoms with E-state index in [2.05, 4.69) is 10.9 Å². The van der Waals surface area contributed by atoms with E-state index in [0.29, 0.717) is 29.7 Å². The minimum atomic E-state index is 0.542. The van der Waals surface area contributed by atoms with Crippen molar-refractivity contribution < 1.29 is 9.47 Å². The van der Waals surface area contributed by atoms with Gasteiger partial charge >= 0.3 is 0 Å². The van der Waals surface area contributed by atoms with Gasteiger partial charge in [0.05, 0.1) is 18.7 Å². The molecule has 2 aromatic carbocycles. The van der Waals surface area contributed by atoms with Crippen molar-refractivity contribution in [2.24, 2.45) is 0 Å². The topological polar surface area (TPSA) is 42.5 Å². The van der Waals surface area contributed by atoms with Crippen LogP contribution in [0.2, 0.25) is 5.02 Å². The standard InChI is InChI=1S/C16H19ClN2O2/c1-3-21-15-10-12(9-14(17)16(15)20-2)11-18-19-13-7-5-4-6-8-13/h4-10,18-19H,3,11H2,1-2H3. The van der Waals surface area contributed by atoms with Gasteiger partial charge < -0.3 is 14.9 Å². The van der Waals surface area contributed by atoms with Gasteiger partial charge in [0.25, 0.3) is 0 Å². The van der Waals surface area contributed by atoms with Crippen LogP contribution in [0.5, 0.6) is 11.5 Å². The lowest BCUT2D eigenvalue weighted by atomic mass is 10.2. The summed E-state index contributed by atoms with van der Waals surface area (Å²) in [5.41, 5.74) is 8.28. The fourth-order valence-corrected chi connectivity index (χ4v) is 2.26. The average molecular weight is 307 g/mol. The van der Waals surface area contributed by atoms with E-state index in [1.165, 1.54) is 0 Å². The van der Waals surface area contributed by atoms with Crippen molar-refractivity contribution in [2.45, 2.75) is 13.5 Å². The molecule has 112 valence electrons. The van der Waals surface area contributed by atoms with E-state index in [4.69, 9.17) is 21.1 Å². The number of ether oxygens (including phenoxy) is 2. The second-order valence-electron chi connectivity index (χ2n) is 4.39. The van der Waals surface area contributed by atoms with Gasteiger partial charge in [-0.3, -0.25) is 0 Å². The molecule has 0 heterocycles. The lowest BCUT2D eigenvalue weighted by Gasteiger charge is -2.14. The minimum absolute atomic E-state index is 0.542. The van der Waals surface area contributed by atoms with Crippen LogP contribution in [0, 0.1) is 0 Å². The van der Waals surface area contributed by atoms with Crippen LogP contribution in [-0.2, 0) is 6.54 Å². The molecule has 0 saturated carbocycles.